The summed E-state index contributed by atoms with van der Waals surface area (Å²) in [6.07, 6.45) is 2.94. The van der Waals surface area contributed by atoms with Crippen LogP contribution in [0.2, 0.25) is 0 Å². The van der Waals surface area contributed by atoms with Crippen LogP contribution in [-0.4, -0.2) is 49.5 Å². The molecule has 0 atom stereocenters. The van der Waals surface area contributed by atoms with Gasteiger partial charge in [0.2, 0.25) is 0 Å². The second kappa shape index (κ2) is 11.6. The van der Waals surface area contributed by atoms with Crippen molar-refractivity contribution in [3.05, 3.63) is 71.2 Å². The topological polar surface area (TPSA) is 120 Å². The molecule has 0 aliphatic rings. The zero-order valence-electron chi connectivity index (χ0n) is 17.6. The molecule has 0 aliphatic carbocycles. The number of amides is 1. The van der Waals surface area contributed by atoms with Gasteiger partial charge in [-0.25, -0.2) is 13.4 Å². The van der Waals surface area contributed by atoms with Gasteiger partial charge in [-0.1, -0.05) is 34.7 Å². The number of sulfone groups is 1. The van der Waals surface area contributed by atoms with Crippen LogP contribution in [0.1, 0.15) is 17.7 Å². The summed E-state index contributed by atoms with van der Waals surface area (Å²) in [5.74, 6) is -0.759. The molecular weight excluding hydrogens is 471 g/mol. The van der Waals surface area contributed by atoms with Gasteiger partial charge in [0.1, 0.15) is 0 Å². The Bertz CT molecular complexity index is 1200. The fourth-order valence-corrected chi connectivity index (χ4v) is 4.50. The van der Waals surface area contributed by atoms with Crippen molar-refractivity contribution in [3.63, 3.8) is 0 Å². The van der Waals surface area contributed by atoms with Gasteiger partial charge in [0.15, 0.2) is 32.4 Å². The molecule has 12 heteroatoms. The van der Waals surface area contributed by atoms with Crippen LogP contribution in [0.3, 0.4) is 0 Å². The fourth-order valence-electron chi connectivity index (χ4n) is 2.67. The second-order valence-electron chi connectivity index (χ2n) is 6.65. The lowest BCUT2D eigenvalue weighted by atomic mass is 10.1. The van der Waals surface area contributed by atoms with Crippen molar-refractivity contribution in [1.82, 2.24) is 9.97 Å². The SMILES string of the molecule is COCCCS(=O)(=O)c1ccc(C(=NOCc2ccccn2)C(=O)Nc2ncc(F)s2)cc1. The smallest absolute Gasteiger partial charge is 0.280 e. The van der Waals surface area contributed by atoms with E-state index in [2.05, 4.69) is 20.4 Å². The first kappa shape index (κ1) is 24.4. The Kier molecular flexibility index (Phi) is 8.58. The zero-order valence-corrected chi connectivity index (χ0v) is 19.2. The maximum atomic E-state index is 13.2. The van der Waals surface area contributed by atoms with E-state index in [1.807, 2.05) is 0 Å². The molecule has 33 heavy (non-hydrogen) atoms. The second-order valence-corrected chi connectivity index (χ2v) is 9.74. The predicted molar refractivity (Wildman–Crippen MR) is 121 cm³/mol. The number of rotatable bonds is 11. The lowest BCUT2D eigenvalue weighted by molar-refractivity contribution is -0.110. The van der Waals surface area contributed by atoms with Gasteiger partial charge >= 0.3 is 0 Å². The zero-order chi connectivity index (χ0) is 23.7. The van der Waals surface area contributed by atoms with E-state index in [0.717, 1.165) is 6.20 Å². The van der Waals surface area contributed by atoms with Crippen molar-refractivity contribution < 1.29 is 27.2 Å². The van der Waals surface area contributed by atoms with Gasteiger partial charge < -0.3 is 9.57 Å². The highest BCUT2D eigenvalue weighted by molar-refractivity contribution is 7.91. The minimum Gasteiger partial charge on any atom is -0.389 e. The third-order valence-corrected chi connectivity index (χ3v) is 6.77. The number of anilines is 1. The van der Waals surface area contributed by atoms with Gasteiger partial charge in [-0.3, -0.25) is 15.1 Å². The Balaban J connectivity index is 1.81. The molecule has 0 unspecified atom stereocenters. The number of nitrogens with zero attached hydrogens (tertiary/aromatic N) is 3. The molecule has 1 amide bonds. The maximum absolute atomic E-state index is 13.2. The number of thiazole rings is 1. The summed E-state index contributed by atoms with van der Waals surface area (Å²) in [6.45, 7) is 0.342. The van der Waals surface area contributed by atoms with Crippen LogP contribution < -0.4 is 5.32 Å². The molecule has 0 bridgehead atoms. The number of ether oxygens (including phenoxy) is 1. The van der Waals surface area contributed by atoms with Gasteiger partial charge in [0.25, 0.3) is 5.91 Å². The van der Waals surface area contributed by atoms with Crippen molar-refractivity contribution in [3.8, 4) is 0 Å². The highest BCUT2D eigenvalue weighted by Gasteiger charge is 2.20. The number of benzene rings is 1. The van der Waals surface area contributed by atoms with Crippen LogP contribution in [0.25, 0.3) is 0 Å². The molecular formula is C21H21FN4O5S2. The Hall–Kier alpha value is -3.22. The summed E-state index contributed by atoms with van der Waals surface area (Å²) in [5, 5.41) is 5.88. The molecule has 2 aromatic heterocycles. The van der Waals surface area contributed by atoms with Gasteiger partial charge in [-0.2, -0.15) is 4.39 Å². The Morgan fingerprint density at radius 2 is 1.97 bits per heavy atom. The average Bonchev–Trinajstić information content (AvgIpc) is 3.22. The number of carbonyl (C=O) groups is 1. The van der Waals surface area contributed by atoms with Crippen LogP contribution in [0.5, 0.6) is 0 Å². The van der Waals surface area contributed by atoms with Gasteiger partial charge in [-0.15, -0.1) is 0 Å². The molecule has 0 aliphatic heterocycles. The molecule has 0 radical (unpaired) electrons. The molecule has 0 fully saturated rings. The first-order valence-electron chi connectivity index (χ1n) is 9.74. The van der Waals surface area contributed by atoms with Crippen molar-refractivity contribution in [2.24, 2.45) is 5.16 Å². The maximum Gasteiger partial charge on any atom is 0.280 e. The van der Waals surface area contributed by atoms with E-state index >= 15 is 0 Å². The van der Waals surface area contributed by atoms with Crippen LogP contribution >= 0.6 is 11.3 Å². The standard InChI is InChI=1S/C21H21FN4O5S2/c1-30-11-4-12-33(28,29)17-8-6-15(7-9-17)19(20(27)25-21-24-13-18(22)32-21)26-31-14-16-5-2-3-10-23-16/h2-3,5-10,13H,4,11-12,14H2,1H3,(H,24,25,27). The van der Waals surface area contributed by atoms with E-state index in [1.54, 1.807) is 24.4 Å². The summed E-state index contributed by atoms with van der Waals surface area (Å²) in [7, 11) is -2.00. The number of nitrogens with one attached hydrogen (secondary N) is 1. The number of halogens is 1. The molecule has 2 heterocycles. The fraction of sp³-hybridized carbons (Fsp3) is 0.238. The first-order valence-corrected chi connectivity index (χ1v) is 12.2. The molecule has 1 N–H and O–H groups in total. The third kappa shape index (κ3) is 7.14. The summed E-state index contributed by atoms with van der Waals surface area (Å²) < 4.78 is 43.0. The number of aromatic nitrogens is 2. The van der Waals surface area contributed by atoms with Crippen LogP contribution in [0, 0.1) is 5.13 Å². The number of methoxy groups -OCH3 is 1. The van der Waals surface area contributed by atoms with Crippen molar-refractivity contribution in [2.45, 2.75) is 17.9 Å². The number of hydrogen-bond donors (Lipinski definition) is 1. The molecule has 9 nitrogen and oxygen atoms in total. The van der Waals surface area contributed by atoms with Crippen molar-refractivity contribution >= 4 is 37.9 Å². The van der Waals surface area contributed by atoms with Gasteiger partial charge in [0.05, 0.1) is 22.5 Å². The number of pyridine rings is 1. The monoisotopic (exact) mass is 492 g/mol. The number of carbonyl (C=O) groups excluding carboxylic acids is 1. The lowest BCUT2D eigenvalue weighted by Gasteiger charge is -2.09. The van der Waals surface area contributed by atoms with E-state index in [4.69, 9.17) is 9.57 Å². The minimum atomic E-state index is -3.50. The van der Waals surface area contributed by atoms with Gasteiger partial charge in [0, 0.05) is 25.5 Å². The van der Waals surface area contributed by atoms with E-state index < -0.39 is 20.9 Å². The molecule has 0 spiro atoms. The summed E-state index contributed by atoms with van der Waals surface area (Å²) in [4.78, 5) is 26.1. The van der Waals surface area contributed by atoms with Crippen LogP contribution in [0.15, 0.2) is 64.9 Å². The highest BCUT2D eigenvalue weighted by Crippen LogP contribution is 2.18. The Morgan fingerprint density at radius 3 is 2.61 bits per heavy atom. The minimum absolute atomic E-state index is 0.00939. The molecule has 3 rings (SSSR count). The number of hydrogen-bond acceptors (Lipinski definition) is 9. The van der Waals surface area contributed by atoms with E-state index in [0.29, 0.717) is 35.6 Å². The normalized spacial score (nSPS) is 11.9. The lowest BCUT2D eigenvalue weighted by Crippen LogP contribution is -2.24. The van der Waals surface area contributed by atoms with Crippen LogP contribution in [0.4, 0.5) is 9.52 Å². The molecule has 0 saturated carbocycles. The average molecular weight is 493 g/mol. The van der Waals surface area contributed by atoms with E-state index in [-0.39, 0.29) is 28.1 Å². The van der Waals surface area contributed by atoms with Gasteiger partial charge in [-0.05, 0) is 30.7 Å². The Labute approximate surface area is 194 Å². The molecule has 0 saturated heterocycles. The first-order chi connectivity index (χ1) is 15.9. The molecule has 174 valence electrons. The van der Waals surface area contributed by atoms with Crippen molar-refractivity contribution in [1.29, 1.82) is 0 Å². The van der Waals surface area contributed by atoms with Crippen molar-refractivity contribution in [2.75, 3.05) is 24.8 Å². The Morgan fingerprint density at radius 1 is 1.18 bits per heavy atom. The largest absolute Gasteiger partial charge is 0.389 e. The van der Waals surface area contributed by atoms with Crippen LogP contribution in [-0.2, 0) is 30.8 Å². The molecule has 1 aromatic carbocycles. The van der Waals surface area contributed by atoms with E-state index in [9.17, 15) is 17.6 Å². The highest BCUT2D eigenvalue weighted by atomic mass is 32.2. The summed E-state index contributed by atoms with van der Waals surface area (Å²) in [6, 6.07) is 11.0. The third-order valence-electron chi connectivity index (χ3n) is 4.26. The molecule has 3 aromatic rings. The van der Waals surface area contributed by atoms with E-state index in [1.165, 1.54) is 31.4 Å². The predicted octanol–water partition coefficient (Wildman–Crippen LogP) is 3.05. The quantitative estimate of drug-likeness (QED) is 0.248. The summed E-state index contributed by atoms with van der Waals surface area (Å²) in [5.41, 5.74) is 0.770. The number of oxime groups is 1. The summed E-state index contributed by atoms with van der Waals surface area (Å²) >= 11 is 0.660.